The van der Waals surface area contributed by atoms with Crippen molar-refractivity contribution in [1.29, 1.82) is 0 Å². The smallest absolute Gasteiger partial charge is 0.349 e. The van der Waals surface area contributed by atoms with Crippen LogP contribution in [0.2, 0.25) is 10.1 Å². The third kappa shape index (κ3) is 3.10. The number of rotatable bonds is 0. The number of fused-ring (bicyclic) bond motifs is 3. The zero-order valence-corrected chi connectivity index (χ0v) is 18.2. The van der Waals surface area contributed by atoms with Crippen LogP contribution >= 0.6 is 0 Å². The van der Waals surface area contributed by atoms with Crippen molar-refractivity contribution in [2.24, 2.45) is 0 Å². The number of ether oxygens (including phenoxy) is 3. The van der Waals surface area contributed by atoms with Crippen LogP contribution in [0.4, 0.5) is 0 Å². The quantitative estimate of drug-likeness (QED) is 0.592. The molecular weight excluding hydrogens is 348 g/mol. The summed E-state index contributed by atoms with van der Waals surface area (Å²) in [6.45, 7) is 15.1. The molecule has 0 saturated carbocycles. The first kappa shape index (κ1) is 19.3. The van der Waals surface area contributed by atoms with Gasteiger partial charge < -0.3 is 23.1 Å². The fraction of sp³-hybridized carbons (Fsp3) is 1.00. The van der Waals surface area contributed by atoms with Crippen LogP contribution in [-0.2, 0) is 23.1 Å². The second-order valence-electron chi connectivity index (χ2n) is 10.5. The molecule has 0 bridgehead atoms. The maximum absolute atomic E-state index is 6.87. The normalized spacial score (nSPS) is 43.2. The van der Waals surface area contributed by atoms with Gasteiger partial charge in [-0.2, -0.15) is 0 Å². The molecule has 6 atom stereocenters. The van der Waals surface area contributed by atoms with Crippen molar-refractivity contribution in [3.63, 3.8) is 0 Å². The van der Waals surface area contributed by atoms with Gasteiger partial charge in [0.15, 0.2) is 0 Å². The van der Waals surface area contributed by atoms with Gasteiger partial charge in [-0.05, 0) is 12.8 Å². The largest absolute Gasteiger partial charge is 0.391 e. The minimum Gasteiger partial charge on any atom is -0.391 e. The Bertz CT molecular complexity index is 511. The lowest BCUT2D eigenvalue weighted by atomic mass is 9.88. The maximum atomic E-state index is 6.87. The van der Waals surface area contributed by atoms with Crippen LogP contribution in [0.1, 0.15) is 67.2 Å². The second-order valence-corrected chi connectivity index (χ2v) is 15.3. The molecule has 0 aromatic carbocycles. The fourth-order valence-electron chi connectivity index (χ4n) is 5.55. The summed E-state index contributed by atoms with van der Waals surface area (Å²) in [5.74, 6) is 0. The minimum absolute atomic E-state index is 0.00277. The summed E-state index contributed by atoms with van der Waals surface area (Å²) in [5.41, 5.74) is 0. The number of hydrogen-bond donors (Lipinski definition) is 0. The molecule has 4 rings (SSSR count). The average Bonchev–Trinajstić information content (AvgIpc) is 2.55. The fourth-order valence-corrected chi connectivity index (χ4v) is 10.5. The Morgan fingerprint density at radius 3 is 2.00 bits per heavy atom. The lowest BCUT2D eigenvalue weighted by Crippen LogP contribution is -2.68. The molecule has 0 radical (unpaired) electrons. The van der Waals surface area contributed by atoms with Crippen LogP contribution in [0.15, 0.2) is 0 Å². The topological polar surface area (TPSA) is 46.2 Å². The lowest BCUT2D eigenvalue weighted by molar-refractivity contribution is -0.269. The van der Waals surface area contributed by atoms with Crippen LogP contribution in [-0.4, -0.2) is 58.4 Å². The highest BCUT2D eigenvalue weighted by molar-refractivity contribution is 6.73. The van der Waals surface area contributed by atoms with Crippen LogP contribution in [0.25, 0.3) is 0 Å². The first-order chi connectivity index (χ1) is 12.1. The molecule has 150 valence electrons. The molecule has 5 nitrogen and oxygen atoms in total. The van der Waals surface area contributed by atoms with Crippen molar-refractivity contribution in [1.82, 2.24) is 0 Å². The Hall–Kier alpha value is 0.0169. The van der Waals surface area contributed by atoms with E-state index in [2.05, 4.69) is 41.5 Å². The minimum atomic E-state index is -2.45. The van der Waals surface area contributed by atoms with Crippen LogP contribution in [0, 0.1) is 0 Å². The van der Waals surface area contributed by atoms with Crippen molar-refractivity contribution >= 4 is 8.56 Å². The molecule has 4 aliphatic heterocycles. The maximum Gasteiger partial charge on any atom is 0.349 e. The molecule has 0 amide bonds. The van der Waals surface area contributed by atoms with E-state index < -0.39 is 8.56 Å². The summed E-state index contributed by atoms with van der Waals surface area (Å²) in [6.07, 6.45) is 4.84. The van der Waals surface area contributed by atoms with Crippen molar-refractivity contribution in [2.45, 2.75) is 114 Å². The number of hydrogen-bond acceptors (Lipinski definition) is 5. The molecule has 4 aliphatic rings. The van der Waals surface area contributed by atoms with Crippen LogP contribution in [0.3, 0.4) is 0 Å². The Kier molecular flexibility index (Phi) is 4.86. The van der Waals surface area contributed by atoms with Gasteiger partial charge in [0.2, 0.25) is 0 Å². The van der Waals surface area contributed by atoms with Gasteiger partial charge >= 0.3 is 8.56 Å². The highest BCUT2D eigenvalue weighted by Crippen LogP contribution is 2.55. The molecular formula is C20H36O5Si. The van der Waals surface area contributed by atoms with Gasteiger partial charge in [0, 0.05) is 29.5 Å². The van der Waals surface area contributed by atoms with Crippen molar-refractivity contribution in [3.05, 3.63) is 0 Å². The zero-order valence-electron chi connectivity index (χ0n) is 17.2. The molecule has 4 fully saturated rings. The van der Waals surface area contributed by atoms with Crippen molar-refractivity contribution in [2.75, 3.05) is 13.2 Å². The predicted octanol–water partition coefficient (Wildman–Crippen LogP) is 3.94. The Morgan fingerprint density at radius 1 is 0.731 bits per heavy atom. The van der Waals surface area contributed by atoms with E-state index in [0.29, 0.717) is 6.61 Å². The van der Waals surface area contributed by atoms with Gasteiger partial charge in [-0.1, -0.05) is 41.5 Å². The van der Waals surface area contributed by atoms with Gasteiger partial charge in [0.05, 0.1) is 37.1 Å². The second kappa shape index (κ2) is 6.53. The lowest BCUT2D eigenvalue weighted by Gasteiger charge is -2.57. The van der Waals surface area contributed by atoms with Gasteiger partial charge in [0.25, 0.3) is 0 Å². The van der Waals surface area contributed by atoms with Gasteiger partial charge in [-0.25, -0.2) is 0 Å². The Balaban J connectivity index is 1.52. The first-order valence-electron chi connectivity index (χ1n) is 10.3. The molecule has 6 heteroatoms. The van der Waals surface area contributed by atoms with Crippen molar-refractivity contribution in [3.8, 4) is 0 Å². The van der Waals surface area contributed by atoms with E-state index in [9.17, 15) is 0 Å². The van der Waals surface area contributed by atoms with E-state index >= 15 is 0 Å². The summed E-state index contributed by atoms with van der Waals surface area (Å²) in [5, 5.41) is 0.00555. The SMILES string of the molecule is CC(C)(C)[Si]1(C(C)(C)C)OC[C@H]2O[C@H]3C[C@H]4OCCC[C@@H]4O[C@@H]3C[C@@H]2O1. The van der Waals surface area contributed by atoms with E-state index in [0.717, 1.165) is 32.3 Å². The van der Waals surface area contributed by atoms with Crippen LogP contribution < -0.4 is 0 Å². The average molecular weight is 385 g/mol. The molecule has 0 aliphatic carbocycles. The highest BCUT2D eigenvalue weighted by Gasteiger charge is 2.63. The molecule has 0 unspecified atom stereocenters. The standard InChI is InChI=1S/C20H36O5Si/c1-19(2,3)26(20(4,5)6)22-12-18-17(25-26)11-16-15(24-18)10-14-13(23-16)8-7-9-21-14/h13-18H,7-12H2,1-6H3/t13-,14+,15-,16+,17-,18+/m0/s1. The summed E-state index contributed by atoms with van der Waals surface area (Å²) in [7, 11) is -2.45. The summed E-state index contributed by atoms with van der Waals surface area (Å²) >= 11 is 0. The molecule has 0 N–H and O–H groups in total. The zero-order chi connectivity index (χ0) is 18.7. The molecule has 0 aromatic rings. The monoisotopic (exact) mass is 384 g/mol. The van der Waals surface area contributed by atoms with Crippen LogP contribution in [0.5, 0.6) is 0 Å². The summed E-state index contributed by atoms with van der Waals surface area (Å²) in [6, 6.07) is 0. The van der Waals surface area contributed by atoms with E-state index in [4.69, 9.17) is 23.1 Å². The van der Waals surface area contributed by atoms with E-state index in [1.165, 1.54) is 0 Å². The van der Waals surface area contributed by atoms with Gasteiger partial charge in [-0.15, -0.1) is 0 Å². The third-order valence-electron chi connectivity index (χ3n) is 6.58. The highest BCUT2D eigenvalue weighted by atomic mass is 28.4. The van der Waals surface area contributed by atoms with E-state index in [-0.39, 0.29) is 46.7 Å². The molecule has 0 aromatic heterocycles. The summed E-state index contributed by atoms with van der Waals surface area (Å²) < 4.78 is 32.2. The van der Waals surface area contributed by atoms with Gasteiger partial charge in [0.1, 0.15) is 6.10 Å². The molecule has 4 saturated heterocycles. The van der Waals surface area contributed by atoms with Gasteiger partial charge in [-0.3, -0.25) is 0 Å². The molecule has 0 spiro atoms. The first-order valence-corrected chi connectivity index (χ1v) is 12.2. The predicted molar refractivity (Wildman–Crippen MR) is 102 cm³/mol. The Morgan fingerprint density at radius 2 is 1.35 bits per heavy atom. The van der Waals surface area contributed by atoms with E-state index in [1.54, 1.807) is 0 Å². The third-order valence-corrected chi connectivity index (χ3v) is 11.7. The van der Waals surface area contributed by atoms with E-state index in [1.807, 2.05) is 0 Å². The summed E-state index contributed by atoms with van der Waals surface area (Å²) in [4.78, 5) is 0. The Labute approximate surface area is 159 Å². The molecule has 4 heterocycles. The van der Waals surface area contributed by atoms with Crippen molar-refractivity contribution < 1.29 is 23.1 Å². The molecule has 26 heavy (non-hydrogen) atoms.